The van der Waals surface area contributed by atoms with Crippen LogP contribution in [0.5, 0.6) is 5.75 Å². The summed E-state index contributed by atoms with van der Waals surface area (Å²) in [5.41, 5.74) is 1.99. The maximum Gasteiger partial charge on any atom is 0.119 e. The molecule has 0 spiro atoms. The van der Waals surface area contributed by atoms with Crippen LogP contribution in [0.2, 0.25) is 0 Å². The van der Waals surface area contributed by atoms with Gasteiger partial charge in [-0.1, -0.05) is 19.1 Å². The lowest BCUT2D eigenvalue weighted by Gasteiger charge is -2.57. The van der Waals surface area contributed by atoms with Gasteiger partial charge in [-0.2, -0.15) is 0 Å². The van der Waals surface area contributed by atoms with Crippen LogP contribution in [-0.2, 0) is 5.41 Å². The normalized spacial score (nSPS) is 35.7. The molecule has 4 bridgehead atoms. The average Bonchev–Trinajstić information content (AvgIpc) is 2.72. The molecule has 6 rings (SSSR count). The Morgan fingerprint density at radius 1 is 0.931 bits per heavy atom. The molecular weight excluding hydrogens is 360 g/mol. The smallest absolute Gasteiger partial charge is 0.119 e. The van der Waals surface area contributed by atoms with Gasteiger partial charge >= 0.3 is 0 Å². The summed E-state index contributed by atoms with van der Waals surface area (Å²) in [7, 11) is 0. The van der Waals surface area contributed by atoms with Crippen molar-refractivity contribution < 1.29 is 9.84 Å². The molecule has 160 valence electrons. The van der Waals surface area contributed by atoms with Crippen molar-refractivity contribution in [2.24, 2.45) is 17.8 Å². The fourth-order valence-electron chi connectivity index (χ4n) is 7.20. The molecule has 1 aromatic rings. The van der Waals surface area contributed by atoms with Crippen LogP contribution in [0, 0.1) is 17.8 Å². The van der Waals surface area contributed by atoms with Crippen molar-refractivity contribution in [2.45, 2.75) is 57.0 Å². The van der Waals surface area contributed by atoms with Gasteiger partial charge in [0.2, 0.25) is 0 Å². The van der Waals surface area contributed by atoms with Crippen LogP contribution in [0.15, 0.2) is 24.3 Å². The van der Waals surface area contributed by atoms with Gasteiger partial charge in [-0.15, -0.1) is 0 Å². The second-order valence-electron chi connectivity index (χ2n) is 10.4. The van der Waals surface area contributed by atoms with Gasteiger partial charge < -0.3 is 14.7 Å². The van der Waals surface area contributed by atoms with E-state index in [9.17, 15) is 5.11 Å². The zero-order chi connectivity index (χ0) is 19.8. The molecule has 5 fully saturated rings. The lowest BCUT2D eigenvalue weighted by molar-refractivity contribution is -0.00522. The van der Waals surface area contributed by atoms with Crippen molar-refractivity contribution in [2.75, 3.05) is 45.9 Å². The molecule has 0 aromatic heterocycles. The lowest BCUT2D eigenvalue weighted by atomic mass is 9.48. The van der Waals surface area contributed by atoms with Crippen LogP contribution < -0.4 is 4.74 Å². The number of ether oxygens (including phenoxy) is 1. The number of β-amino-alcohol motifs (C(OH)–C–C–N with tert-alkyl or cyclic N) is 1. The van der Waals surface area contributed by atoms with Gasteiger partial charge in [-0.05, 0) is 85.9 Å². The maximum absolute atomic E-state index is 10.4. The van der Waals surface area contributed by atoms with E-state index in [0.717, 1.165) is 56.2 Å². The highest BCUT2D eigenvalue weighted by molar-refractivity contribution is 5.34. The molecule has 4 heteroatoms. The number of aliphatic hydroxyl groups is 1. The molecule has 0 amide bonds. The summed E-state index contributed by atoms with van der Waals surface area (Å²) < 4.78 is 5.94. The van der Waals surface area contributed by atoms with E-state index in [-0.39, 0.29) is 0 Å². The predicted octanol–water partition coefficient (Wildman–Crippen LogP) is 3.53. The molecule has 4 saturated carbocycles. The summed E-state index contributed by atoms with van der Waals surface area (Å²) in [6.45, 7) is 8.74. The molecule has 1 N–H and O–H groups in total. The lowest BCUT2D eigenvalue weighted by Crippen LogP contribution is -2.49. The van der Waals surface area contributed by atoms with Crippen LogP contribution >= 0.6 is 0 Å². The first-order valence-electron chi connectivity index (χ1n) is 12.0. The maximum atomic E-state index is 10.4. The first-order valence-corrected chi connectivity index (χ1v) is 12.0. The summed E-state index contributed by atoms with van der Waals surface area (Å²) in [4.78, 5) is 4.82. The standard InChI is InChI=1S/C25H38N2O2/c1-2-26-7-9-27(10-8-26)17-23(28)18-29-24-5-3-22(4-6-24)25-14-19-11-20(15-25)13-21(12-19)16-25/h3-6,19-21,23,28H,2,7-18H2,1H3/t19?,20?,21?,23-,25?/m1/s1. The Bertz CT molecular complexity index is 645. The Morgan fingerprint density at radius 3 is 2.03 bits per heavy atom. The number of aliphatic hydroxyl groups excluding tert-OH is 1. The molecule has 5 aliphatic rings. The minimum Gasteiger partial charge on any atom is -0.491 e. The minimum absolute atomic E-state index is 0.380. The van der Waals surface area contributed by atoms with Gasteiger partial charge in [-0.3, -0.25) is 4.90 Å². The number of nitrogens with zero attached hydrogens (tertiary/aromatic N) is 2. The first kappa shape index (κ1) is 19.8. The van der Waals surface area contributed by atoms with Crippen molar-refractivity contribution in [1.29, 1.82) is 0 Å². The fourth-order valence-corrected chi connectivity index (χ4v) is 7.20. The summed E-state index contributed by atoms with van der Waals surface area (Å²) in [6, 6.07) is 8.92. The average molecular weight is 399 g/mol. The van der Waals surface area contributed by atoms with Crippen molar-refractivity contribution in [3.63, 3.8) is 0 Å². The Labute approximate surface area is 176 Å². The third-order valence-corrected chi connectivity index (χ3v) is 8.33. The van der Waals surface area contributed by atoms with Crippen LogP contribution in [0.1, 0.15) is 51.0 Å². The van der Waals surface area contributed by atoms with Gasteiger partial charge in [0.25, 0.3) is 0 Å². The minimum atomic E-state index is -0.425. The predicted molar refractivity (Wildman–Crippen MR) is 116 cm³/mol. The second kappa shape index (κ2) is 8.20. The highest BCUT2D eigenvalue weighted by Gasteiger charge is 2.51. The number of likely N-dealkylation sites (N-methyl/N-ethyl adjacent to an activating group) is 1. The molecule has 4 aliphatic carbocycles. The number of hydrogen-bond donors (Lipinski definition) is 1. The van der Waals surface area contributed by atoms with Gasteiger partial charge in [0.1, 0.15) is 18.5 Å². The van der Waals surface area contributed by atoms with Gasteiger partial charge in [-0.25, -0.2) is 0 Å². The molecule has 1 aromatic carbocycles. The van der Waals surface area contributed by atoms with E-state index in [1.54, 1.807) is 5.56 Å². The Balaban J connectivity index is 1.13. The Morgan fingerprint density at radius 2 is 1.48 bits per heavy atom. The second-order valence-corrected chi connectivity index (χ2v) is 10.4. The molecule has 29 heavy (non-hydrogen) atoms. The van der Waals surface area contributed by atoms with Crippen LogP contribution in [-0.4, -0.2) is 66.9 Å². The van der Waals surface area contributed by atoms with Crippen molar-refractivity contribution in [3.8, 4) is 5.75 Å². The van der Waals surface area contributed by atoms with Crippen LogP contribution in [0.3, 0.4) is 0 Å². The number of benzene rings is 1. The van der Waals surface area contributed by atoms with E-state index >= 15 is 0 Å². The van der Waals surface area contributed by atoms with Crippen LogP contribution in [0.25, 0.3) is 0 Å². The zero-order valence-corrected chi connectivity index (χ0v) is 18.1. The Hall–Kier alpha value is -1.10. The highest BCUT2D eigenvalue weighted by atomic mass is 16.5. The molecule has 0 unspecified atom stereocenters. The molecular formula is C25H38N2O2. The number of rotatable bonds is 7. The van der Waals surface area contributed by atoms with E-state index in [4.69, 9.17) is 4.74 Å². The van der Waals surface area contributed by atoms with Gasteiger partial charge in [0.15, 0.2) is 0 Å². The summed E-state index contributed by atoms with van der Waals surface area (Å²) >= 11 is 0. The van der Waals surface area contributed by atoms with E-state index < -0.39 is 6.10 Å². The fraction of sp³-hybridized carbons (Fsp3) is 0.760. The quantitative estimate of drug-likeness (QED) is 0.762. The summed E-state index contributed by atoms with van der Waals surface area (Å²) in [6.07, 6.45) is 8.27. The third-order valence-electron chi connectivity index (χ3n) is 8.33. The summed E-state index contributed by atoms with van der Waals surface area (Å²) in [5, 5.41) is 10.4. The topological polar surface area (TPSA) is 35.9 Å². The summed E-state index contributed by atoms with van der Waals surface area (Å²) in [5.74, 6) is 3.83. The van der Waals surface area contributed by atoms with Gasteiger partial charge in [0, 0.05) is 32.7 Å². The highest BCUT2D eigenvalue weighted by Crippen LogP contribution is 2.60. The van der Waals surface area contributed by atoms with Crippen molar-refractivity contribution in [1.82, 2.24) is 9.80 Å². The molecule has 1 atom stereocenters. The van der Waals surface area contributed by atoms with Crippen LogP contribution in [0.4, 0.5) is 0 Å². The number of hydrogen-bond acceptors (Lipinski definition) is 4. The van der Waals surface area contributed by atoms with Crippen molar-refractivity contribution in [3.05, 3.63) is 29.8 Å². The third kappa shape index (κ3) is 4.22. The number of piperazine rings is 1. The van der Waals surface area contributed by atoms with E-state index in [2.05, 4.69) is 41.0 Å². The van der Waals surface area contributed by atoms with E-state index in [1.807, 2.05) is 0 Å². The zero-order valence-electron chi connectivity index (χ0n) is 18.1. The Kier molecular flexibility index (Phi) is 5.61. The largest absolute Gasteiger partial charge is 0.491 e. The van der Waals surface area contributed by atoms with Crippen molar-refractivity contribution >= 4 is 0 Å². The van der Waals surface area contributed by atoms with Gasteiger partial charge in [0.05, 0.1) is 0 Å². The van der Waals surface area contributed by atoms with E-state index in [1.165, 1.54) is 38.5 Å². The molecule has 1 aliphatic heterocycles. The molecule has 1 saturated heterocycles. The molecule has 1 heterocycles. The molecule has 4 nitrogen and oxygen atoms in total. The first-order chi connectivity index (χ1) is 14.1. The molecule has 0 radical (unpaired) electrons. The van der Waals surface area contributed by atoms with E-state index in [0.29, 0.717) is 18.6 Å². The monoisotopic (exact) mass is 398 g/mol. The SMILES string of the molecule is CCN1CCN(C[C@@H](O)COc2ccc(C34CC5CC(CC(C5)C3)C4)cc2)CC1.